The van der Waals surface area contributed by atoms with Gasteiger partial charge in [-0.1, -0.05) is 41.9 Å². The molecule has 2 aromatic carbocycles. The molecular weight excluding hydrogens is 419 g/mol. The van der Waals surface area contributed by atoms with Gasteiger partial charge in [0.25, 0.3) is 0 Å². The van der Waals surface area contributed by atoms with Crippen LogP contribution >= 0.6 is 23.5 Å². The fourth-order valence-electron chi connectivity index (χ4n) is 3.52. The fourth-order valence-corrected chi connectivity index (χ4v) is 4.59. The normalized spacial score (nSPS) is 16.8. The zero-order valence-electron chi connectivity index (χ0n) is 14.6. The van der Waals surface area contributed by atoms with Crippen LogP contribution in [0.2, 0.25) is 0 Å². The third-order valence-electron chi connectivity index (χ3n) is 4.71. The summed E-state index contributed by atoms with van der Waals surface area (Å²) < 4.78 is 17.1. The van der Waals surface area contributed by atoms with E-state index in [1.54, 1.807) is 12.1 Å². The first-order chi connectivity index (χ1) is 12.2. The molecular formula is C19H22BrO5P. The van der Waals surface area contributed by atoms with E-state index in [9.17, 15) is 9.67 Å². The Bertz CT molecular complexity index is 874. The first-order valence-corrected chi connectivity index (χ1v) is 11.1. The quantitative estimate of drug-likeness (QED) is 0.577. The highest BCUT2D eigenvalue weighted by molar-refractivity contribution is 9.10. The molecule has 0 aromatic heterocycles. The summed E-state index contributed by atoms with van der Waals surface area (Å²) in [6, 6.07) is 9.42. The maximum absolute atomic E-state index is 11.0. The zero-order chi connectivity index (χ0) is 19.1. The molecule has 0 bridgehead atoms. The van der Waals surface area contributed by atoms with E-state index in [1.807, 2.05) is 12.1 Å². The Balaban J connectivity index is 1.92. The van der Waals surface area contributed by atoms with Crippen molar-refractivity contribution in [3.63, 3.8) is 0 Å². The Hall–Kier alpha value is -1.33. The summed E-state index contributed by atoms with van der Waals surface area (Å²) in [6.07, 6.45) is 1.18. The van der Waals surface area contributed by atoms with Crippen molar-refractivity contribution in [3.8, 4) is 11.5 Å². The highest BCUT2D eigenvalue weighted by Gasteiger charge is 2.28. The van der Waals surface area contributed by atoms with Gasteiger partial charge in [0.1, 0.15) is 11.5 Å². The number of halogens is 1. The van der Waals surface area contributed by atoms with Gasteiger partial charge in [-0.2, -0.15) is 0 Å². The smallest absolute Gasteiger partial charge is 0.362 e. The predicted octanol–water partition coefficient (Wildman–Crippen LogP) is 4.87. The molecule has 0 saturated carbocycles. The Morgan fingerprint density at radius 1 is 1.27 bits per heavy atom. The van der Waals surface area contributed by atoms with E-state index in [4.69, 9.17) is 14.5 Å². The zero-order valence-corrected chi connectivity index (χ0v) is 17.1. The van der Waals surface area contributed by atoms with Gasteiger partial charge in [0.2, 0.25) is 0 Å². The van der Waals surface area contributed by atoms with Crippen molar-refractivity contribution in [3.05, 3.63) is 57.1 Å². The lowest BCUT2D eigenvalue weighted by Gasteiger charge is -2.18. The van der Waals surface area contributed by atoms with Crippen LogP contribution in [0.3, 0.4) is 0 Å². The van der Waals surface area contributed by atoms with Crippen molar-refractivity contribution in [2.24, 2.45) is 0 Å². The van der Waals surface area contributed by atoms with Gasteiger partial charge in [0.15, 0.2) is 6.35 Å². The maximum Gasteiger partial charge on any atom is 0.362 e. The monoisotopic (exact) mass is 440 g/mol. The second kappa shape index (κ2) is 7.35. The van der Waals surface area contributed by atoms with Gasteiger partial charge in [0, 0.05) is 10.4 Å². The third kappa shape index (κ3) is 4.15. The number of hydrogen-bond acceptors (Lipinski definition) is 3. The van der Waals surface area contributed by atoms with Crippen molar-refractivity contribution in [2.75, 3.05) is 6.35 Å². The van der Waals surface area contributed by atoms with E-state index in [2.05, 4.69) is 35.8 Å². The average molecular weight is 441 g/mol. The Kier molecular flexibility index (Phi) is 5.50. The molecule has 1 atom stereocenters. The van der Waals surface area contributed by atoms with Gasteiger partial charge in [-0.25, -0.2) is 0 Å². The van der Waals surface area contributed by atoms with Gasteiger partial charge >= 0.3 is 7.60 Å². The van der Waals surface area contributed by atoms with Crippen molar-refractivity contribution in [1.29, 1.82) is 0 Å². The molecule has 3 N–H and O–H groups in total. The van der Waals surface area contributed by atoms with Crippen LogP contribution in [0.4, 0.5) is 0 Å². The standard InChI is InChI=1S/C19H22BrO5P/c1-11(2)16-8-12(4-6-18(16)21)15-5-3-13-7-14(9-17(20)19(13)15)25-10-26(22,23)24/h4,6-9,11,15,21H,3,5,10H2,1-2H3,(H2,22,23,24)/t15-/m0/s1. The molecule has 0 fully saturated rings. The van der Waals surface area contributed by atoms with Gasteiger partial charge in [0.05, 0.1) is 0 Å². The van der Waals surface area contributed by atoms with Gasteiger partial charge in [-0.05, 0) is 59.2 Å². The van der Waals surface area contributed by atoms with Crippen LogP contribution < -0.4 is 4.74 Å². The van der Waals surface area contributed by atoms with Crippen LogP contribution in [0, 0.1) is 0 Å². The molecule has 1 aliphatic carbocycles. The van der Waals surface area contributed by atoms with E-state index < -0.39 is 13.9 Å². The highest BCUT2D eigenvalue weighted by atomic mass is 79.9. The molecule has 0 unspecified atom stereocenters. The summed E-state index contributed by atoms with van der Waals surface area (Å²) in [5.41, 5.74) is 4.39. The number of phenolic OH excluding ortho intramolecular Hbond substituents is 1. The molecule has 2 aromatic rings. The average Bonchev–Trinajstić information content (AvgIpc) is 2.97. The highest BCUT2D eigenvalue weighted by Crippen LogP contribution is 2.45. The lowest BCUT2D eigenvalue weighted by atomic mass is 9.89. The van der Waals surface area contributed by atoms with E-state index in [1.165, 1.54) is 5.56 Å². The number of phenols is 1. The van der Waals surface area contributed by atoms with Gasteiger partial charge < -0.3 is 19.6 Å². The minimum atomic E-state index is -4.21. The molecule has 0 radical (unpaired) electrons. The second-order valence-electron chi connectivity index (χ2n) is 6.98. The topological polar surface area (TPSA) is 87.0 Å². The molecule has 7 heteroatoms. The number of hydrogen-bond donors (Lipinski definition) is 3. The minimum Gasteiger partial charge on any atom is -0.508 e. The number of rotatable bonds is 5. The van der Waals surface area contributed by atoms with Crippen LogP contribution in [0.1, 0.15) is 54.4 Å². The number of aromatic hydroxyl groups is 1. The fraction of sp³-hybridized carbons (Fsp3) is 0.368. The summed E-state index contributed by atoms with van der Waals surface area (Å²) in [7, 11) is -4.21. The minimum absolute atomic E-state index is 0.216. The summed E-state index contributed by atoms with van der Waals surface area (Å²) in [5.74, 6) is 1.23. The Labute approximate surface area is 161 Å². The first kappa shape index (κ1) is 19.4. The maximum atomic E-state index is 11.0. The second-order valence-corrected chi connectivity index (χ2v) is 9.42. The largest absolute Gasteiger partial charge is 0.508 e. The molecule has 140 valence electrons. The Morgan fingerprint density at radius 3 is 2.65 bits per heavy atom. The molecule has 0 amide bonds. The van der Waals surface area contributed by atoms with E-state index in [0.717, 1.165) is 34.0 Å². The number of aryl methyl sites for hydroxylation is 1. The third-order valence-corrected chi connectivity index (χ3v) is 5.84. The van der Waals surface area contributed by atoms with Crippen molar-refractivity contribution < 1.29 is 24.2 Å². The molecule has 5 nitrogen and oxygen atoms in total. The molecule has 0 saturated heterocycles. The predicted molar refractivity (Wildman–Crippen MR) is 104 cm³/mol. The molecule has 0 heterocycles. The summed E-state index contributed by atoms with van der Waals surface area (Å²) in [5, 5.41) is 10.1. The molecule has 26 heavy (non-hydrogen) atoms. The van der Waals surface area contributed by atoms with E-state index >= 15 is 0 Å². The Morgan fingerprint density at radius 2 is 2.00 bits per heavy atom. The summed E-state index contributed by atoms with van der Waals surface area (Å²) in [4.78, 5) is 18.0. The van der Waals surface area contributed by atoms with Crippen molar-refractivity contribution in [2.45, 2.75) is 38.5 Å². The van der Waals surface area contributed by atoms with Crippen LogP contribution in [-0.2, 0) is 11.0 Å². The number of fused-ring (bicyclic) bond motifs is 1. The van der Waals surface area contributed by atoms with Crippen LogP contribution in [0.5, 0.6) is 11.5 Å². The summed E-state index contributed by atoms with van der Waals surface area (Å²) >= 11 is 3.59. The van der Waals surface area contributed by atoms with Crippen molar-refractivity contribution >= 4 is 23.5 Å². The van der Waals surface area contributed by atoms with Crippen LogP contribution in [-0.4, -0.2) is 21.2 Å². The lowest BCUT2D eigenvalue weighted by molar-refractivity contribution is 0.300. The number of ether oxygens (including phenoxy) is 1. The van der Waals surface area contributed by atoms with Gasteiger partial charge in [-0.3, -0.25) is 4.57 Å². The number of benzene rings is 2. The molecule has 0 aliphatic heterocycles. The van der Waals surface area contributed by atoms with E-state index in [-0.39, 0.29) is 11.8 Å². The SMILES string of the molecule is CC(C)c1cc([C@@H]2CCc3cc(OCP(=O)(O)O)cc(Br)c32)ccc1O. The van der Waals surface area contributed by atoms with E-state index in [0.29, 0.717) is 11.5 Å². The van der Waals surface area contributed by atoms with Crippen LogP contribution in [0.15, 0.2) is 34.8 Å². The molecule has 3 rings (SSSR count). The first-order valence-electron chi connectivity index (χ1n) is 8.48. The summed E-state index contributed by atoms with van der Waals surface area (Å²) in [6.45, 7) is 4.12. The lowest BCUT2D eigenvalue weighted by Crippen LogP contribution is -2.01. The van der Waals surface area contributed by atoms with Crippen molar-refractivity contribution in [1.82, 2.24) is 0 Å². The molecule has 1 aliphatic rings. The van der Waals surface area contributed by atoms with Crippen LogP contribution in [0.25, 0.3) is 0 Å². The van der Waals surface area contributed by atoms with Gasteiger partial charge in [-0.15, -0.1) is 0 Å². The molecule has 0 spiro atoms.